The molecule has 7 heteroatoms. The molecule has 0 unspecified atom stereocenters. The number of nitrogens with one attached hydrogen (secondary N) is 1. The van der Waals surface area contributed by atoms with Gasteiger partial charge in [-0.1, -0.05) is 12.1 Å². The molecule has 1 N–H and O–H groups in total. The van der Waals surface area contributed by atoms with Crippen LogP contribution in [-0.4, -0.2) is 55.5 Å². The number of nitrogens with zero attached hydrogens (tertiary/aromatic N) is 4. The monoisotopic (exact) mass is 381 g/mol. The van der Waals surface area contributed by atoms with Crippen molar-refractivity contribution in [2.45, 2.75) is 19.8 Å². The van der Waals surface area contributed by atoms with Crippen LogP contribution in [0, 0.1) is 12.8 Å². The van der Waals surface area contributed by atoms with Crippen LogP contribution in [0.25, 0.3) is 0 Å². The standard InChI is InChI=1S/C21H27N5O2/c1-16-3-2-4-18(15-16)25-9-11-26(12-10-25)20-6-5-19(23-24-20)22-21(27)17-7-13-28-14-8-17/h2-6,15,17H,7-14H2,1H3,(H,22,23,27). The fraction of sp³-hybridized carbons (Fsp3) is 0.476. The summed E-state index contributed by atoms with van der Waals surface area (Å²) in [5, 5.41) is 11.4. The van der Waals surface area contributed by atoms with Gasteiger partial charge in [0.05, 0.1) is 0 Å². The van der Waals surface area contributed by atoms with Gasteiger partial charge >= 0.3 is 0 Å². The lowest BCUT2D eigenvalue weighted by atomic mass is 9.99. The minimum atomic E-state index is 0.00456. The Morgan fingerprint density at radius 3 is 2.46 bits per heavy atom. The SMILES string of the molecule is Cc1cccc(N2CCN(c3ccc(NC(=O)C4CCOCC4)nn3)CC2)c1. The van der Waals surface area contributed by atoms with Crippen molar-refractivity contribution >= 4 is 23.2 Å². The summed E-state index contributed by atoms with van der Waals surface area (Å²) in [5.41, 5.74) is 2.56. The summed E-state index contributed by atoms with van der Waals surface area (Å²) in [7, 11) is 0. The molecular weight excluding hydrogens is 354 g/mol. The second-order valence-electron chi connectivity index (χ2n) is 7.47. The fourth-order valence-electron chi connectivity index (χ4n) is 3.77. The molecule has 0 aliphatic carbocycles. The Kier molecular flexibility index (Phi) is 5.71. The van der Waals surface area contributed by atoms with Gasteiger partial charge in [-0.25, -0.2) is 0 Å². The van der Waals surface area contributed by atoms with Gasteiger partial charge in [-0.2, -0.15) is 0 Å². The first-order valence-corrected chi connectivity index (χ1v) is 9.98. The minimum Gasteiger partial charge on any atom is -0.381 e. The number of piperazine rings is 1. The smallest absolute Gasteiger partial charge is 0.228 e. The molecule has 0 radical (unpaired) electrons. The molecule has 148 valence electrons. The van der Waals surface area contributed by atoms with Crippen molar-refractivity contribution < 1.29 is 9.53 Å². The third-order valence-corrected chi connectivity index (χ3v) is 5.46. The maximum Gasteiger partial charge on any atom is 0.228 e. The van der Waals surface area contributed by atoms with E-state index >= 15 is 0 Å². The van der Waals surface area contributed by atoms with Crippen LogP contribution >= 0.6 is 0 Å². The van der Waals surface area contributed by atoms with Gasteiger partial charge in [0.1, 0.15) is 0 Å². The van der Waals surface area contributed by atoms with Crippen LogP contribution in [0.2, 0.25) is 0 Å². The average molecular weight is 381 g/mol. The first-order chi connectivity index (χ1) is 13.7. The number of hydrogen-bond donors (Lipinski definition) is 1. The zero-order valence-electron chi connectivity index (χ0n) is 16.3. The normalized spacial score (nSPS) is 18.2. The lowest BCUT2D eigenvalue weighted by Gasteiger charge is -2.36. The summed E-state index contributed by atoms with van der Waals surface area (Å²) in [5.74, 6) is 1.38. The van der Waals surface area contributed by atoms with E-state index in [1.807, 2.05) is 12.1 Å². The molecule has 0 bridgehead atoms. The van der Waals surface area contributed by atoms with Gasteiger partial charge in [0.25, 0.3) is 0 Å². The van der Waals surface area contributed by atoms with Crippen LogP contribution < -0.4 is 15.1 Å². The van der Waals surface area contributed by atoms with Crippen molar-refractivity contribution in [3.63, 3.8) is 0 Å². The maximum atomic E-state index is 12.3. The molecule has 3 heterocycles. The van der Waals surface area contributed by atoms with Crippen molar-refractivity contribution in [3.8, 4) is 0 Å². The highest BCUT2D eigenvalue weighted by Crippen LogP contribution is 2.21. The van der Waals surface area contributed by atoms with Gasteiger partial charge in [0.15, 0.2) is 11.6 Å². The third kappa shape index (κ3) is 4.42. The van der Waals surface area contributed by atoms with Crippen molar-refractivity contribution in [2.75, 3.05) is 54.5 Å². The maximum absolute atomic E-state index is 12.3. The second kappa shape index (κ2) is 8.56. The number of hydrogen-bond acceptors (Lipinski definition) is 6. The Hall–Kier alpha value is -2.67. The predicted octanol–water partition coefficient (Wildman–Crippen LogP) is 2.48. The summed E-state index contributed by atoms with van der Waals surface area (Å²) in [4.78, 5) is 16.9. The third-order valence-electron chi connectivity index (χ3n) is 5.46. The Labute approximate surface area is 165 Å². The van der Waals surface area contributed by atoms with Gasteiger partial charge in [-0.15, -0.1) is 10.2 Å². The van der Waals surface area contributed by atoms with Crippen molar-refractivity contribution in [3.05, 3.63) is 42.0 Å². The van der Waals surface area contributed by atoms with E-state index in [2.05, 4.69) is 56.5 Å². The van der Waals surface area contributed by atoms with Crippen molar-refractivity contribution in [2.24, 2.45) is 5.92 Å². The predicted molar refractivity (Wildman–Crippen MR) is 110 cm³/mol. The summed E-state index contributed by atoms with van der Waals surface area (Å²) in [6, 6.07) is 12.4. The van der Waals surface area contributed by atoms with E-state index in [0.29, 0.717) is 19.0 Å². The van der Waals surface area contributed by atoms with Gasteiger partial charge in [-0.05, 0) is 49.6 Å². The lowest BCUT2D eigenvalue weighted by Crippen LogP contribution is -2.46. The first kappa shape index (κ1) is 18.7. The van der Waals surface area contributed by atoms with Gasteiger partial charge in [0, 0.05) is 51.0 Å². The van der Waals surface area contributed by atoms with E-state index in [4.69, 9.17) is 4.74 Å². The number of benzene rings is 1. The second-order valence-corrected chi connectivity index (χ2v) is 7.47. The van der Waals surface area contributed by atoms with Crippen LogP contribution in [0.1, 0.15) is 18.4 Å². The summed E-state index contributed by atoms with van der Waals surface area (Å²) >= 11 is 0. The molecule has 0 spiro atoms. The summed E-state index contributed by atoms with van der Waals surface area (Å²) < 4.78 is 5.31. The van der Waals surface area contributed by atoms with Gasteiger partial charge < -0.3 is 19.9 Å². The number of ether oxygens (including phenoxy) is 1. The molecule has 1 amide bonds. The van der Waals surface area contributed by atoms with Crippen LogP contribution in [0.15, 0.2) is 36.4 Å². The van der Waals surface area contributed by atoms with E-state index in [-0.39, 0.29) is 11.8 Å². The number of amides is 1. The van der Waals surface area contributed by atoms with E-state index in [1.165, 1.54) is 11.3 Å². The number of aromatic nitrogens is 2. The Morgan fingerprint density at radius 2 is 1.79 bits per heavy atom. The van der Waals surface area contributed by atoms with Crippen molar-refractivity contribution in [1.82, 2.24) is 10.2 Å². The molecule has 4 rings (SSSR count). The quantitative estimate of drug-likeness (QED) is 0.877. The largest absolute Gasteiger partial charge is 0.381 e. The zero-order chi connectivity index (χ0) is 19.3. The molecule has 28 heavy (non-hydrogen) atoms. The fourth-order valence-corrected chi connectivity index (χ4v) is 3.77. The Balaban J connectivity index is 1.31. The molecule has 0 atom stereocenters. The van der Waals surface area contributed by atoms with Crippen molar-refractivity contribution in [1.29, 1.82) is 0 Å². The van der Waals surface area contributed by atoms with Gasteiger partial charge in [-0.3, -0.25) is 4.79 Å². The molecule has 7 nitrogen and oxygen atoms in total. The Bertz CT molecular complexity index is 797. The molecule has 1 aromatic heterocycles. The summed E-state index contributed by atoms with van der Waals surface area (Å²) in [6.07, 6.45) is 1.53. The number of anilines is 3. The number of carbonyl (C=O) groups is 1. The highest BCUT2D eigenvalue weighted by Gasteiger charge is 2.22. The zero-order valence-corrected chi connectivity index (χ0v) is 16.3. The molecule has 0 saturated carbocycles. The number of aryl methyl sites for hydroxylation is 1. The number of carbonyl (C=O) groups excluding carboxylic acids is 1. The van der Waals surface area contributed by atoms with E-state index in [0.717, 1.165) is 44.8 Å². The number of rotatable bonds is 4. The summed E-state index contributed by atoms with van der Waals surface area (Å²) in [6.45, 7) is 7.12. The minimum absolute atomic E-state index is 0.00456. The van der Waals surface area contributed by atoms with E-state index < -0.39 is 0 Å². The highest BCUT2D eigenvalue weighted by molar-refractivity contribution is 5.91. The van der Waals surface area contributed by atoms with Crippen LogP contribution in [0.5, 0.6) is 0 Å². The van der Waals surface area contributed by atoms with Gasteiger partial charge in [0.2, 0.25) is 5.91 Å². The Morgan fingerprint density at radius 1 is 1.04 bits per heavy atom. The molecule has 2 saturated heterocycles. The highest BCUT2D eigenvalue weighted by atomic mass is 16.5. The molecule has 2 fully saturated rings. The molecule has 2 aliphatic heterocycles. The topological polar surface area (TPSA) is 70.6 Å². The van der Waals surface area contributed by atoms with Crippen LogP contribution in [-0.2, 0) is 9.53 Å². The molecule has 2 aliphatic rings. The molecular formula is C21H27N5O2. The first-order valence-electron chi connectivity index (χ1n) is 9.98. The molecule has 2 aromatic rings. The van der Waals surface area contributed by atoms with E-state index in [9.17, 15) is 4.79 Å². The van der Waals surface area contributed by atoms with Crippen LogP contribution in [0.3, 0.4) is 0 Å². The van der Waals surface area contributed by atoms with Crippen LogP contribution in [0.4, 0.5) is 17.3 Å². The average Bonchev–Trinajstić information content (AvgIpc) is 2.75. The molecule has 1 aromatic carbocycles. The van der Waals surface area contributed by atoms with E-state index in [1.54, 1.807) is 0 Å². The lowest BCUT2D eigenvalue weighted by molar-refractivity contribution is -0.122.